The van der Waals surface area contributed by atoms with E-state index in [0.717, 1.165) is 17.0 Å². The number of rotatable bonds is 5. The Morgan fingerprint density at radius 3 is 2.59 bits per heavy atom. The number of nitrogens with one attached hydrogen (secondary N) is 2. The molecule has 0 aliphatic rings. The molecule has 3 nitrogen and oxygen atoms in total. The zero-order valence-electron chi connectivity index (χ0n) is 12.6. The van der Waals surface area contributed by atoms with E-state index in [4.69, 9.17) is 11.6 Å². The lowest BCUT2D eigenvalue weighted by molar-refractivity contribution is -0.907. The number of carbonyl (C=O) groups is 1. The zero-order valence-corrected chi connectivity index (χ0v) is 13.3. The largest absolute Gasteiger partial charge is 0.324 e. The molecule has 0 radical (unpaired) electrons. The fraction of sp³-hybridized carbons (Fsp3) is 0.235. The van der Waals surface area contributed by atoms with Crippen molar-refractivity contribution in [1.82, 2.24) is 0 Å². The summed E-state index contributed by atoms with van der Waals surface area (Å²) in [6.07, 6.45) is 0. The van der Waals surface area contributed by atoms with Crippen LogP contribution >= 0.6 is 11.6 Å². The number of hydrogen-bond acceptors (Lipinski definition) is 1. The van der Waals surface area contributed by atoms with Crippen molar-refractivity contribution >= 4 is 23.2 Å². The number of anilines is 1. The first-order valence-electron chi connectivity index (χ1n) is 7.09. The minimum absolute atomic E-state index is 0.147. The molecule has 22 heavy (non-hydrogen) atoms. The van der Waals surface area contributed by atoms with E-state index in [1.807, 2.05) is 44.3 Å². The summed E-state index contributed by atoms with van der Waals surface area (Å²) < 4.78 is 13.7. The number of carbonyl (C=O) groups excluding carboxylic acids is 1. The van der Waals surface area contributed by atoms with Crippen LogP contribution in [0.2, 0.25) is 5.02 Å². The summed E-state index contributed by atoms with van der Waals surface area (Å²) in [6, 6.07) is 13.8. The Kier molecular flexibility index (Phi) is 5.52. The number of likely N-dealkylation sites (N-methyl/N-ethyl adjacent to an activating group) is 1. The summed E-state index contributed by atoms with van der Waals surface area (Å²) in [5, 5.41) is 2.91. The van der Waals surface area contributed by atoms with Gasteiger partial charge in [0.15, 0.2) is 6.04 Å². The molecule has 2 N–H and O–H groups in total. The second-order valence-electron chi connectivity index (χ2n) is 5.34. The lowest BCUT2D eigenvalue weighted by atomic mass is 10.2. The lowest BCUT2D eigenvalue weighted by Gasteiger charge is -2.21. The third-order valence-electron chi connectivity index (χ3n) is 3.65. The van der Waals surface area contributed by atoms with Crippen LogP contribution < -0.4 is 10.2 Å². The second-order valence-corrected chi connectivity index (χ2v) is 5.78. The van der Waals surface area contributed by atoms with Crippen LogP contribution in [0, 0.1) is 5.82 Å². The molecule has 0 heterocycles. The van der Waals surface area contributed by atoms with Gasteiger partial charge in [-0.2, -0.15) is 0 Å². The molecule has 2 aromatic rings. The molecule has 2 rings (SSSR count). The maximum absolute atomic E-state index is 13.7. The van der Waals surface area contributed by atoms with Gasteiger partial charge in [-0.3, -0.25) is 4.79 Å². The predicted molar refractivity (Wildman–Crippen MR) is 86.5 cm³/mol. The summed E-state index contributed by atoms with van der Waals surface area (Å²) in [5.41, 5.74) is 1.30. The Morgan fingerprint density at radius 1 is 1.27 bits per heavy atom. The van der Waals surface area contributed by atoms with E-state index in [1.165, 1.54) is 12.1 Å². The summed E-state index contributed by atoms with van der Waals surface area (Å²) in [5.74, 6) is -0.761. The Labute approximate surface area is 134 Å². The van der Waals surface area contributed by atoms with E-state index in [0.29, 0.717) is 5.02 Å². The Balaban J connectivity index is 1.99. The number of amides is 1. The molecule has 0 bridgehead atoms. The molecular formula is C17H19ClFN2O+. The number of benzene rings is 2. The molecule has 0 spiro atoms. The molecule has 5 heteroatoms. The molecular weight excluding hydrogens is 303 g/mol. The lowest BCUT2D eigenvalue weighted by Crippen LogP contribution is -3.12. The van der Waals surface area contributed by atoms with Crippen LogP contribution in [0.15, 0.2) is 48.5 Å². The van der Waals surface area contributed by atoms with Gasteiger partial charge in [0.1, 0.15) is 12.4 Å². The van der Waals surface area contributed by atoms with Gasteiger partial charge in [0, 0.05) is 10.6 Å². The van der Waals surface area contributed by atoms with Gasteiger partial charge in [-0.1, -0.05) is 41.9 Å². The highest BCUT2D eigenvalue weighted by Crippen LogP contribution is 2.18. The van der Waals surface area contributed by atoms with Crippen molar-refractivity contribution in [3.8, 4) is 0 Å². The SMILES string of the molecule is C[C@H](C(=O)Nc1ccc(Cl)cc1F)[NH+](C)Cc1ccccc1. The molecule has 2 aromatic carbocycles. The third kappa shape index (κ3) is 4.29. The number of hydrogen-bond donors (Lipinski definition) is 2. The minimum atomic E-state index is -0.534. The van der Waals surface area contributed by atoms with Crippen LogP contribution in [-0.4, -0.2) is 19.0 Å². The van der Waals surface area contributed by atoms with Gasteiger partial charge >= 0.3 is 0 Å². The van der Waals surface area contributed by atoms with Crippen molar-refractivity contribution in [2.45, 2.75) is 19.5 Å². The van der Waals surface area contributed by atoms with E-state index in [2.05, 4.69) is 5.32 Å². The zero-order chi connectivity index (χ0) is 16.1. The fourth-order valence-corrected chi connectivity index (χ4v) is 2.29. The van der Waals surface area contributed by atoms with Gasteiger partial charge in [-0.15, -0.1) is 0 Å². The van der Waals surface area contributed by atoms with Gasteiger partial charge in [-0.25, -0.2) is 4.39 Å². The molecule has 116 valence electrons. The molecule has 1 amide bonds. The van der Waals surface area contributed by atoms with Crippen molar-refractivity contribution in [2.75, 3.05) is 12.4 Å². The van der Waals surface area contributed by atoms with Gasteiger partial charge in [0.25, 0.3) is 5.91 Å². The first kappa shape index (κ1) is 16.5. The Bertz CT molecular complexity index is 648. The van der Waals surface area contributed by atoms with Crippen LogP contribution in [0.5, 0.6) is 0 Å². The quantitative estimate of drug-likeness (QED) is 0.872. The molecule has 0 saturated heterocycles. The van der Waals surface area contributed by atoms with E-state index in [1.54, 1.807) is 6.07 Å². The van der Waals surface area contributed by atoms with Gasteiger partial charge in [0.2, 0.25) is 0 Å². The smallest absolute Gasteiger partial charge is 0.282 e. The summed E-state index contributed by atoms with van der Waals surface area (Å²) >= 11 is 5.70. The van der Waals surface area contributed by atoms with Gasteiger partial charge in [0.05, 0.1) is 12.7 Å². The molecule has 0 aliphatic carbocycles. The second kappa shape index (κ2) is 7.38. The van der Waals surface area contributed by atoms with Crippen LogP contribution in [0.1, 0.15) is 12.5 Å². The molecule has 0 fully saturated rings. The van der Waals surface area contributed by atoms with Crippen molar-refractivity contribution in [3.63, 3.8) is 0 Å². The van der Waals surface area contributed by atoms with Gasteiger partial charge < -0.3 is 10.2 Å². The number of halogens is 2. The third-order valence-corrected chi connectivity index (χ3v) is 3.88. The Morgan fingerprint density at radius 2 is 1.95 bits per heavy atom. The van der Waals surface area contributed by atoms with E-state index < -0.39 is 5.82 Å². The minimum Gasteiger partial charge on any atom is -0.324 e. The fourth-order valence-electron chi connectivity index (χ4n) is 2.13. The first-order chi connectivity index (χ1) is 10.5. The highest BCUT2D eigenvalue weighted by molar-refractivity contribution is 6.30. The van der Waals surface area contributed by atoms with E-state index >= 15 is 0 Å². The normalized spacial score (nSPS) is 13.5. The van der Waals surface area contributed by atoms with Gasteiger partial charge in [-0.05, 0) is 25.1 Å². The maximum atomic E-state index is 13.7. The van der Waals surface area contributed by atoms with Crippen LogP contribution in [0.25, 0.3) is 0 Å². The van der Waals surface area contributed by atoms with E-state index in [-0.39, 0.29) is 17.6 Å². The topological polar surface area (TPSA) is 33.5 Å². The van der Waals surface area contributed by atoms with Crippen molar-refractivity contribution in [1.29, 1.82) is 0 Å². The van der Waals surface area contributed by atoms with Crippen LogP contribution in [-0.2, 0) is 11.3 Å². The first-order valence-corrected chi connectivity index (χ1v) is 7.47. The molecule has 0 aromatic heterocycles. The highest BCUT2D eigenvalue weighted by Gasteiger charge is 2.22. The van der Waals surface area contributed by atoms with Crippen LogP contribution in [0.4, 0.5) is 10.1 Å². The summed E-state index contributed by atoms with van der Waals surface area (Å²) in [6.45, 7) is 2.54. The molecule has 2 atom stereocenters. The van der Waals surface area contributed by atoms with Crippen LogP contribution in [0.3, 0.4) is 0 Å². The number of quaternary nitrogens is 1. The Hall–Kier alpha value is -1.91. The highest BCUT2D eigenvalue weighted by atomic mass is 35.5. The summed E-state index contributed by atoms with van der Waals surface area (Å²) in [4.78, 5) is 13.3. The maximum Gasteiger partial charge on any atom is 0.282 e. The summed E-state index contributed by atoms with van der Waals surface area (Å²) in [7, 11) is 1.94. The molecule has 0 saturated carbocycles. The van der Waals surface area contributed by atoms with Crippen molar-refractivity contribution in [2.24, 2.45) is 0 Å². The monoisotopic (exact) mass is 321 g/mol. The average molecular weight is 322 g/mol. The predicted octanol–water partition coefficient (Wildman–Crippen LogP) is 2.52. The molecule has 1 unspecified atom stereocenters. The van der Waals surface area contributed by atoms with Crippen molar-refractivity contribution in [3.05, 3.63) is 64.9 Å². The van der Waals surface area contributed by atoms with E-state index in [9.17, 15) is 9.18 Å². The average Bonchev–Trinajstić information content (AvgIpc) is 2.50. The molecule has 0 aliphatic heterocycles. The standard InChI is InChI=1S/C17H18ClFN2O/c1-12(21(2)11-13-6-4-3-5-7-13)17(22)20-16-9-8-14(18)10-15(16)19/h3-10,12H,11H2,1-2H3,(H,20,22)/p+1/t12-/m1/s1. The van der Waals surface area contributed by atoms with Crippen molar-refractivity contribution < 1.29 is 14.1 Å².